The van der Waals surface area contributed by atoms with Crippen LogP contribution in [0.15, 0.2) is 43.0 Å². The van der Waals surface area contributed by atoms with E-state index in [0.717, 1.165) is 0 Å². The van der Waals surface area contributed by atoms with Gasteiger partial charge in [-0.1, -0.05) is 39.0 Å². The first-order chi connectivity index (χ1) is 17.4. The van der Waals surface area contributed by atoms with Crippen molar-refractivity contribution in [2.75, 3.05) is 11.9 Å². The standard InChI is InChI=1S/C23H30N5O7PSi/c1-23(2,3)37(4,5)35-17-15(11-29)33-22(18(17)34-36(31)32)28-13-26-16-19(24-12-25-20(16)28)27-21(30)14-9-7-6-8-10-14/h6-10,12-13,15,17-18,22,29H,11H2,1-5H3,(H-,24,25,27,30,31,32)/p+1/t15-,17-,18-,22-/m1/s1. The summed E-state index contributed by atoms with van der Waals surface area (Å²) >= 11 is 0. The van der Waals surface area contributed by atoms with Gasteiger partial charge < -0.3 is 19.6 Å². The predicted molar refractivity (Wildman–Crippen MR) is 137 cm³/mol. The highest BCUT2D eigenvalue weighted by atomic mass is 31.1. The Morgan fingerprint density at radius 3 is 2.51 bits per heavy atom. The molecule has 0 bridgehead atoms. The molecule has 0 saturated carbocycles. The molecule has 1 unspecified atom stereocenters. The summed E-state index contributed by atoms with van der Waals surface area (Å²) in [6.45, 7) is 9.87. The molecule has 3 aromatic rings. The zero-order chi connectivity index (χ0) is 27.0. The van der Waals surface area contributed by atoms with Crippen molar-refractivity contribution in [3.8, 4) is 0 Å². The van der Waals surface area contributed by atoms with E-state index in [0.29, 0.717) is 11.2 Å². The van der Waals surface area contributed by atoms with Crippen molar-refractivity contribution in [1.82, 2.24) is 19.5 Å². The lowest BCUT2D eigenvalue weighted by Crippen LogP contribution is -2.50. The zero-order valence-corrected chi connectivity index (χ0v) is 23.1. The van der Waals surface area contributed by atoms with Gasteiger partial charge in [0, 0.05) is 10.1 Å². The summed E-state index contributed by atoms with van der Waals surface area (Å²) < 4.78 is 31.4. The highest BCUT2D eigenvalue weighted by molar-refractivity contribution is 7.32. The number of aliphatic hydroxyl groups excluding tert-OH is 1. The van der Waals surface area contributed by atoms with Crippen molar-refractivity contribution in [2.45, 2.75) is 63.4 Å². The molecule has 1 saturated heterocycles. The maximum atomic E-state index is 12.7. The first-order valence-electron chi connectivity index (χ1n) is 11.7. The van der Waals surface area contributed by atoms with Crippen molar-refractivity contribution < 1.29 is 33.0 Å². The number of nitrogens with zero attached hydrogens (tertiary/aromatic N) is 4. The topological polar surface area (TPSA) is 158 Å². The fourth-order valence-electron chi connectivity index (χ4n) is 3.85. The third kappa shape index (κ3) is 5.63. The van der Waals surface area contributed by atoms with Crippen LogP contribution in [-0.4, -0.2) is 68.7 Å². The van der Waals surface area contributed by atoms with Gasteiger partial charge in [0.15, 0.2) is 37.6 Å². The Morgan fingerprint density at radius 1 is 1.19 bits per heavy atom. The Labute approximate surface area is 216 Å². The number of imidazole rings is 1. The lowest BCUT2D eigenvalue weighted by molar-refractivity contribution is -0.0480. The van der Waals surface area contributed by atoms with E-state index >= 15 is 0 Å². The van der Waals surface area contributed by atoms with Gasteiger partial charge in [0.2, 0.25) is 0 Å². The molecule has 1 amide bonds. The van der Waals surface area contributed by atoms with Crippen molar-refractivity contribution in [3.05, 3.63) is 48.5 Å². The zero-order valence-electron chi connectivity index (χ0n) is 21.2. The average Bonchev–Trinajstić information content (AvgIpc) is 3.40. The summed E-state index contributed by atoms with van der Waals surface area (Å²) in [4.78, 5) is 35.2. The molecule has 1 fully saturated rings. The summed E-state index contributed by atoms with van der Waals surface area (Å²) in [5.74, 6) is -0.178. The van der Waals surface area contributed by atoms with Gasteiger partial charge in [0.25, 0.3) is 5.91 Å². The highest BCUT2D eigenvalue weighted by Crippen LogP contribution is 2.44. The highest BCUT2D eigenvalue weighted by Gasteiger charge is 2.54. The van der Waals surface area contributed by atoms with Crippen LogP contribution in [0.5, 0.6) is 0 Å². The van der Waals surface area contributed by atoms with Crippen LogP contribution in [-0.2, 0) is 18.3 Å². The molecule has 4 rings (SSSR count). The molecular weight excluding hydrogens is 517 g/mol. The smallest absolute Gasteiger partial charge is 0.408 e. The third-order valence-corrected chi connectivity index (χ3v) is 11.7. The molecule has 0 spiro atoms. The molecule has 2 aromatic heterocycles. The Morgan fingerprint density at radius 2 is 1.89 bits per heavy atom. The lowest BCUT2D eigenvalue weighted by Gasteiger charge is -2.39. The number of ether oxygens (including phenoxy) is 1. The van der Waals surface area contributed by atoms with Gasteiger partial charge in [-0.15, -0.1) is 9.42 Å². The minimum absolute atomic E-state index is 0.169. The number of carbonyl (C=O) groups excluding carboxylic acids is 1. The number of hydrogen-bond acceptors (Lipinski definition) is 9. The molecule has 1 aromatic carbocycles. The van der Waals surface area contributed by atoms with Crippen molar-refractivity contribution in [1.29, 1.82) is 0 Å². The molecule has 198 valence electrons. The number of hydrogen-bond donors (Lipinski definition) is 3. The van der Waals surface area contributed by atoms with Crippen LogP contribution >= 0.6 is 8.25 Å². The van der Waals surface area contributed by atoms with E-state index in [9.17, 15) is 19.4 Å². The molecular formula is C23H31N5O7PSi+. The van der Waals surface area contributed by atoms with E-state index in [-0.39, 0.29) is 22.3 Å². The Hall–Kier alpha value is -2.64. The first-order valence-corrected chi connectivity index (χ1v) is 15.8. The monoisotopic (exact) mass is 548 g/mol. The van der Waals surface area contributed by atoms with Crippen molar-refractivity contribution in [3.63, 3.8) is 0 Å². The van der Waals surface area contributed by atoms with Crippen LogP contribution in [0.1, 0.15) is 37.4 Å². The van der Waals surface area contributed by atoms with E-state index in [1.165, 1.54) is 17.2 Å². The molecule has 0 radical (unpaired) electrons. The number of aromatic nitrogens is 4. The van der Waals surface area contributed by atoms with E-state index in [1.807, 2.05) is 19.2 Å². The molecule has 12 nitrogen and oxygen atoms in total. The minimum Gasteiger partial charge on any atom is -0.408 e. The summed E-state index contributed by atoms with van der Waals surface area (Å²) in [6.07, 6.45) is -0.989. The molecule has 5 atom stereocenters. The van der Waals surface area contributed by atoms with Crippen LogP contribution in [0.3, 0.4) is 0 Å². The third-order valence-electron chi connectivity index (χ3n) is 6.82. The second-order valence-electron chi connectivity index (χ2n) is 10.3. The second kappa shape index (κ2) is 10.6. The lowest BCUT2D eigenvalue weighted by atomic mass is 10.1. The molecule has 3 heterocycles. The van der Waals surface area contributed by atoms with E-state index in [4.69, 9.17) is 13.7 Å². The Bertz CT molecular complexity index is 1280. The summed E-state index contributed by atoms with van der Waals surface area (Å²) in [5, 5.41) is 12.7. The van der Waals surface area contributed by atoms with Gasteiger partial charge in [-0.25, -0.2) is 15.0 Å². The van der Waals surface area contributed by atoms with E-state index < -0.39 is 47.7 Å². The van der Waals surface area contributed by atoms with Crippen LogP contribution in [0, 0.1) is 0 Å². The molecule has 37 heavy (non-hydrogen) atoms. The van der Waals surface area contributed by atoms with Crippen LogP contribution in [0.2, 0.25) is 18.1 Å². The number of nitrogens with one attached hydrogen (secondary N) is 1. The number of amides is 1. The number of carbonyl (C=O) groups is 1. The molecule has 14 heteroatoms. The molecule has 3 N–H and O–H groups in total. The molecule has 1 aliphatic heterocycles. The maximum absolute atomic E-state index is 12.7. The first kappa shape index (κ1) is 27.4. The summed E-state index contributed by atoms with van der Waals surface area (Å²) in [7, 11) is -5.42. The number of fused-ring (bicyclic) bond motifs is 1. The van der Waals surface area contributed by atoms with Crippen LogP contribution < -0.4 is 5.32 Å². The molecule has 1 aliphatic rings. The number of rotatable bonds is 8. The number of aliphatic hydroxyl groups is 1. The van der Waals surface area contributed by atoms with Crippen molar-refractivity contribution >= 4 is 39.5 Å². The SMILES string of the molecule is CC(C)(C)[Si](C)(C)O[C@H]1[C@@H](O[P+](=O)O)[C@H](n2cnc3c(NC(=O)c4ccccc4)ncnc32)O[C@@H]1CO. The van der Waals surface area contributed by atoms with Gasteiger partial charge in [0.05, 0.1) is 12.9 Å². The largest absolute Gasteiger partial charge is 0.695 e. The number of benzene rings is 1. The second-order valence-corrected chi connectivity index (χ2v) is 15.7. The quantitative estimate of drug-likeness (QED) is 0.281. The van der Waals surface area contributed by atoms with E-state index in [2.05, 4.69) is 41.0 Å². The summed E-state index contributed by atoms with van der Waals surface area (Å²) in [6, 6.07) is 8.66. The summed E-state index contributed by atoms with van der Waals surface area (Å²) in [5.41, 5.74) is 1.04. The fourth-order valence-corrected chi connectivity index (χ4v) is 5.61. The van der Waals surface area contributed by atoms with Crippen molar-refractivity contribution in [2.24, 2.45) is 0 Å². The predicted octanol–water partition coefficient (Wildman–Crippen LogP) is 3.39. The van der Waals surface area contributed by atoms with Crippen LogP contribution in [0.4, 0.5) is 5.82 Å². The van der Waals surface area contributed by atoms with Gasteiger partial charge >= 0.3 is 8.25 Å². The fraction of sp³-hybridized carbons (Fsp3) is 0.478. The van der Waals surface area contributed by atoms with Crippen LogP contribution in [0.25, 0.3) is 11.2 Å². The van der Waals surface area contributed by atoms with Gasteiger partial charge in [-0.2, -0.15) is 0 Å². The van der Waals surface area contributed by atoms with Gasteiger partial charge in [0.1, 0.15) is 18.5 Å². The van der Waals surface area contributed by atoms with Gasteiger partial charge in [-0.3, -0.25) is 9.36 Å². The number of anilines is 1. The molecule has 0 aliphatic carbocycles. The normalized spacial score (nSPS) is 22.8. The van der Waals surface area contributed by atoms with Gasteiger partial charge in [-0.05, 0) is 30.3 Å². The Kier molecular flexibility index (Phi) is 7.86. The Balaban J connectivity index is 1.69. The van der Waals surface area contributed by atoms with E-state index in [1.54, 1.807) is 24.3 Å². The maximum Gasteiger partial charge on any atom is 0.695 e. The minimum atomic E-state index is -3.02. The average molecular weight is 549 g/mol.